The minimum atomic E-state index is 0. The minimum absolute atomic E-state index is 0. The number of rotatable bonds is 0. The van der Waals surface area contributed by atoms with Crippen molar-refractivity contribution in [3.05, 3.63) is 89.0 Å². The van der Waals surface area contributed by atoms with Crippen molar-refractivity contribution in [2.75, 3.05) is 0 Å². The topological polar surface area (TPSA) is 0 Å². The first-order valence-corrected chi connectivity index (χ1v) is 13.8. The van der Waals surface area contributed by atoms with Crippen molar-refractivity contribution in [1.29, 1.82) is 0 Å². The van der Waals surface area contributed by atoms with E-state index in [1.165, 1.54) is 83.0 Å². The second-order valence-electron chi connectivity index (χ2n) is 11.1. The van der Waals surface area contributed by atoms with Gasteiger partial charge in [0.2, 0.25) is 0 Å². The second kappa shape index (κ2) is 13.4. The Hall–Kier alpha value is -0.890. The van der Waals surface area contributed by atoms with Crippen LogP contribution in [-0.2, 0) is 41.1 Å². The van der Waals surface area contributed by atoms with Gasteiger partial charge in [0.25, 0.3) is 0 Å². The van der Waals surface area contributed by atoms with Crippen molar-refractivity contribution in [1.82, 2.24) is 0 Å². The van der Waals surface area contributed by atoms with Gasteiger partial charge in [-0.1, -0.05) is 76.3 Å². The summed E-state index contributed by atoms with van der Waals surface area (Å²) in [5.74, 6) is 0. The molecule has 0 nitrogen and oxygen atoms in total. The van der Waals surface area contributed by atoms with E-state index in [0.717, 1.165) is 6.42 Å². The number of benzene rings is 2. The molecule has 0 spiro atoms. The molecule has 34 heavy (non-hydrogen) atoms. The molecule has 2 aliphatic rings. The molecule has 2 aliphatic carbocycles. The zero-order valence-electron chi connectivity index (χ0n) is 21.6. The molecule has 0 N–H and O–H groups in total. The Morgan fingerprint density at radius 1 is 0.794 bits per heavy atom. The summed E-state index contributed by atoms with van der Waals surface area (Å²) in [5.41, 5.74) is 8.76. The Morgan fingerprint density at radius 2 is 1.35 bits per heavy atom. The number of hydrogen-bond acceptors (Lipinski definition) is 0. The van der Waals surface area contributed by atoms with E-state index in [-0.39, 0.29) is 35.6 Å². The van der Waals surface area contributed by atoms with Crippen molar-refractivity contribution in [2.45, 2.75) is 84.5 Å². The Labute approximate surface area is 235 Å². The number of halogens is 2. The monoisotopic (exact) mass is 660 g/mol. The van der Waals surface area contributed by atoms with Crippen molar-refractivity contribution in [2.24, 2.45) is 0 Å². The van der Waals surface area contributed by atoms with Crippen LogP contribution < -0.4 is 24.8 Å². The summed E-state index contributed by atoms with van der Waals surface area (Å²) in [5, 5.41) is 0. The average Bonchev–Trinajstić information content (AvgIpc) is 3.49. The maximum absolute atomic E-state index is 3.53. The summed E-state index contributed by atoms with van der Waals surface area (Å²) in [7, 11) is 0. The molecule has 0 heterocycles. The van der Waals surface area contributed by atoms with Crippen LogP contribution in [0.25, 0.3) is 11.1 Å². The zero-order valence-corrected chi connectivity index (χ0v) is 26.7. The van der Waals surface area contributed by atoms with E-state index in [1.54, 1.807) is 0 Å². The van der Waals surface area contributed by atoms with Crippen molar-refractivity contribution < 1.29 is 48.7 Å². The SMILES string of the molecule is CC(C)(C)c1c[c-]c2c(c1)-c1cc(C(C)(C)C)ccc1C2.[Cl-].[Cl-].[Hf+2]=[C]1CCCC1.c1cc[cH-]c1. The quantitative estimate of drug-likeness (QED) is 0.201. The van der Waals surface area contributed by atoms with Gasteiger partial charge in [-0.15, -0.1) is 5.56 Å². The van der Waals surface area contributed by atoms with Gasteiger partial charge in [0.1, 0.15) is 0 Å². The predicted molar refractivity (Wildman–Crippen MR) is 136 cm³/mol. The Morgan fingerprint density at radius 3 is 1.79 bits per heavy atom. The maximum atomic E-state index is 3.53. The van der Waals surface area contributed by atoms with Crippen molar-refractivity contribution in [3.63, 3.8) is 0 Å². The van der Waals surface area contributed by atoms with E-state index in [0.29, 0.717) is 0 Å². The Balaban J connectivity index is 0.000000367. The molecule has 182 valence electrons. The normalized spacial score (nSPS) is 13.8. The third kappa shape index (κ3) is 8.65. The molecule has 3 aromatic carbocycles. The molecule has 0 radical (unpaired) electrons. The fourth-order valence-corrected chi connectivity index (χ4v) is 5.38. The molecule has 0 saturated heterocycles. The summed E-state index contributed by atoms with van der Waals surface area (Å²) < 4.78 is 1.84. The molecule has 0 atom stereocenters. The van der Waals surface area contributed by atoms with E-state index < -0.39 is 0 Å². The van der Waals surface area contributed by atoms with Gasteiger partial charge < -0.3 is 24.8 Å². The molecule has 3 heteroatoms. The third-order valence-electron chi connectivity index (χ3n) is 6.29. The summed E-state index contributed by atoms with van der Waals surface area (Å²) in [4.78, 5) is 0. The molecular formula is C31H38Cl2Hf-2. The van der Waals surface area contributed by atoms with Crippen LogP contribution in [0.3, 0.4) is 0 Å². The van der Waals surface area contributed by atoms with Crippen LogP contribution in [0.15, 0.2) is 60.7 Å². The van der Waals surface area contributed by atoms with Crippen LogP contribution in [-0.4, -0.2) is 3.26 Å². The molecule has 0 bridgehead atoms. The van der Waals surface area contributed by atoms with Crippen LogP contribution in [0.4, 0.5) is 0 Å². The molecule has 0 unspecified atom stereocenters. The summed E-state index contributed by atoms with van der Waals surface area (Å²) >= 11 is 1.37. The molecule has 1 saturated carbocycles. The number of fused-ring (bicyclic) bond motifs is 3. The molecule has 0 aliphatic heterocycles. The smallest absolute Gasteiger partial charge is 0.172 e. The van der Waals surface area contributed by atoms with E-state index in [9.17, 15) is 0 Å². The van der Waals surface area contributed by atoms with Crippen LogP contribution in [0, 0.1) is 6.07 Å². The van der Waals surface area contributed by atoms with Gasteiger partial charge in [0.15, 0.2) is 0 Å². The first-order chi connectivity index (χ1) is 15.1. The first kappa shape index (κ1) is 31.1. The minimum Gasteiger partial charge on any atom is -0.214 e. The van der Waals surface area contributed by atoms with Crippen LogP contribution in [0.2, 0.25) is 0 Å². The zero-order chi connectivity index (χ0) is 23.4. The molecule has 3 aromatic rings. The summed E-state index contributed by atoms with van der Waals surface area (Å²) in [6.45, 7) is 13.6. The van der Waals surface area contributed by atoms with Gasteiger partial charge in [-0.05, 0) is 17.4 Å². The first-order valence-electron chi connectivity index (χ1n) is 12.0. The number of hydrogen-bond donors (Lipinski definition) is 0. The van der Waals surface area contributed by atoms with E-state index in [1.807, 2.05) is 33.6 Å². The standard InChI is InChI=1S/C21H25.C5H8.C5H5.2ClH.Hf/c1-20(2,3)16-9-7-14-11-15-8-10-17(21(4,5)6)13-19(15)18(14)12-16;2*1-2-4-5-3-1;;;/h7,9-10,12-13H,11H2,1-6H3;1-4H2;1-5H;2*1H;/q-1;;-1;;;+2/p-2. The summed E-state index contributed by atoms with van der Waals surface area (Å²) in [6.07, 6.45) is 6.93. The van der Waals surface area contributed by atoms with Crippen molar-refractivity contribution in [3.8, 4) is 11.1 Å². The molecule has 1 fully saturated rings. The molecule has 5 rings (SSSR count). The maximum Gasteiger partial charge on any atom is -0.172 e. The predicted octanol–water partition coefficient (Wildman–Crippen LogP) is 2.35. The van der Waals surface area contributed by atoms with Gasteiger partial charge in [-0.25, -0.2) is 12.1 Å². The van der Waals surface area contributed by atoms with Gasteiger partial charge in [0, 0.05) is 0 Å². The Kier molecular flexibility index (Phi) is 12.3. The van der Waals surface area contributed by atoms with Gasteiger partial charge in [-0.3, -0.25) is 0 Å². The summed E-state index contributed by atoms with van der Waals surface area (Å²) in [6, 6.07) is 25.1. The fraction of sp³-hybridized carbons (Fsp3) is 0.419. The van der Waals surface area contributed by atoms with E-state index in [2.05, 4.69) is 77.9 Å². The second-order valence-corrected chi connectivity index (χ2v) is 13.6. The van der Waals surface area contributed by atoms with E-state index in [4.69, 9.17) is 0 Å². The van der Waals surface area contributed by atoms with Crippen LogP contribution in [0.5, 0.6) is 0 Å². The molecule has 0 amide bonds. The van der Waals surface area contributed by atoms with Gasteiger partial charge in [0.05, 0.1) is 0 Å². The molecule has 0 aromatic heterocycles. The average molecular weight is 660 g/mol. The molecular weight excluding hydrogens is 622 g/mol. The largest absolute Gasteiger partial charge is 0.214 e. The third-order valence-corrected chi connectivity index (χ3v) is 8.09. The fourth-order valence-electron chi connectivity index (χ4n) is 4.11. The van der Waals surface area contributed by atoms with Gasteiger partial charge in [-0.2, -0.15) is 47.5 Å². The van der Waals surface area contributed by atoms with Crippen LogP contribution >= 0.6 is 0 Å². The van der Waals surface area contributed by atoms with Crippen molar-refractivity contribution >= 4 is 3.26 Å². The van der Waals surface area contributed by atoms with Crippen LogP contribution in [0.1, 0.15) is 89.5 Å². The Bertz CT molecular complexity index is 948. The van der Waals surface area contributed by atoms with Gasteiger partial charge >= 0.3 is 52.8 Å². The van der Waals surface area contributed by atoms with E-state index >= 15 is 0 Å².